The van der Waals surface area contributed by atoms with Crippen molar-refractivity contribution in [3.63, 3.8) is 0 Å². The molecular formula is C22H23BrClFN2O. The van der Waals surface area contributed by atoms with E-state index >= 15 is 0 Å². The Balaban J connectivity index is 1.62. The fourth-order valence-corrected chi connectivity index (χ4v) is 3.86. The van der Waals surface area contributed by atoms with Gasteiger partial charge in [-0.2, -0.15) is 0 Å². The Morgan fingerprint density at radius 2 is 1.89 bits per heavy atom. The van der Waals surface area contributed by atoms with Crippen LogP contribution in [0.5, 0.6) is 0 Å². The molecule has 6 heteroatoms. The van der Waals surface area contributed by atoms with E-state index in [0.29, 0.717) is 11.6 Å². The third-order valence-electron chi connectivity index (χ3n) is 5.06. The van der Waals surface area contributed by atoms with Gasteiger partial charge in [-0.3, -0.25) is 9.69 Å². The van der Waals surface area contributed by atoms with E-state index in [0.717, 1.165) is 28.7 Å². The number of hydrogen-bond donors (Lipinski definition) is 0. The Kier molecular flexibility index (Phi) is 6.91. The zero-order chi connectivity index (χ0) is 20.3. The molecule has 1 saturated heterocycles. The molecule has 28 heavy (non-hydrogen) atoms. The van der Waals surface area contributed by atoms with Crippen molar-refractivity contribution in [1.82, 2.24) is 9.80 Å². The van der Waals surface area contributed by atoms with Gasteiger partial charge in [0, 0.05) is 42.3 Å². The van der Waals surface area contributed by atoms with Gasteiger partial charge in [0.25, 0.3) is 0 Å². The van der Waals surface area contributed by atoms with Gasteiger partial charge in [0.15, 0.2) is 0 Å². The van der Waals surface area contributed by atoms with Crippen molar-refractivity contribution in [2.45, 2.75) is 32.5 Å². The third-order valence-corrected chi connectivity index (χ3v) is 6.29. The summed E-state index contributed by atoms with van der Waals surface area (Å²) < 4.78 is 13.9. The number of carbonyl (C=O) groups is 1. The van der Waals surface area contributed by atoms with E-state index in [1.54, 1.807) is 12.2 Å². The molecule has 2 aromatic carbocycles. The van der Waals surface area contributed by atoms with E-state index in [9.17, 15) is 9.18 Å². The number of halogens is 3. The van der Waals surface area contributed by atoms with Gasteiger partial charge in [-0.25, -0.2) is 4.39 Å². The van der Waals surface area contributed by atoms with Crippen LogP contribution >= 0.6 is 27.5 Å². The topological polar surface area (TPSA) is 23.6 Å². The molecule has 3 nitrogen and oxygen atoms in total. The highest BCUT2D eigenvalue weighted by Crippen LogP contribution is 2.24. The number of nitrogens with zero attached hydrogens (tertiary/aromatic N) is 2. The number of rotatable bonds is 4. The lowest BCUT2D eigenvalue weighted by Crippen LogP contribution is -2.57. The van der Waals surface area contributed by atoms with Gasteiger partial charge < -0.3 is 4.90 Å². The molecule has 2 aromatic rings. The van der Waals surface area contributed by atoms with Gasteiger partial charge in [-0.1, -0.05) is 29.8 Å². The van der Waals surface area contributed by atoms with Crippen LogP contribution in [0, 0.1) is 5.82 Å². The highest BCUT2D eigenvalue weighted by Gasteiger charge is 2.30. The average Bonchev–Trinajstić information content (AvgIpc) is 2.67. The SMILES string of the molecule is C[C@@H]1CN(C(=O)/C=C/c2ccc(Br)c(Cl)c2)[C@@H](C)CN1Cc1ccc(F)cc1. The molecule has 0 aliphatic carbocycles. The van der Waals surface area contributed by atoms with Crippen LogP contribution < -0.4 is 0 Å². The standard InChI is InChI=1S/C22H23BrClFN2O/c1-15-13-27(22(28)10-6-17-5-9-20(23)21(24)11-17)16(2)12-26(15)14-18-3-7-19(25)8-4-18/h3-11,15-16H,12-14H2,1-2H3/b10-6+/t15-,16+/m1/s1. The van der Waals surface area contributed by atoms with Crippen molar-refractivity contribution >= 4 is 39.5 Å². The summed E-state index contributed by atoms with van der Waals surface area (Å²) in [7, 11) is 0. The van der Waals surface area contributed by atoms with Crippen LogP contribution in [0.1, 0.15) is 25.0 Å². The first-order valence-electron chi connectivity index (χ1n) is 9.25. The molecule has 0 radical (unpaired) electrons. The molecule has 0 N–H and O–H groups in total. The summed E-state index contributed by atoms with van der Waals surface area (Å²) in [5, 5.41) is 0.617. The van der Waals surface area contributed by atoms with Crippen molar-refractivity contribution in [2.24, 2.45) is 0 Å². The number of amides is 1. The predicted molar refractivity (Wildman–Crippen MR) is 116 cm³/mol. The summed E-state index contributed by atoms with van der Waals surface area (Å²) in [6.07, 6.45) is 3.40. The molecule has 3 rings (SSSR count). The molecule has 1 aliphatic heterocycles. The molecule has 1 heterocycles. The Labute approximate surface area is 178 Å². The molecule has 0 saturated carbocycles. The Hall–Kier alpha value is -1.69. The van der Waals surface area contributed by atoms with E-state index in [2.05, 4.69) is 34.7 Å². The van der Waals surface area contributed by atoms with E-state index < -0.39 is 0 Å². The van der Waals surface area contributed by atoms with Crippen molar-refractivity contribution in [3.8, 4) is 0 Å². The second-order valence-electron chi connectivity index (χ2n) is 7.25. The summed E-state index contributed by atoms with van der Waals surface area (Å²) >= 11 is 9.47. The summed E-state index contributed by atoms with van der Waals surface area (Å²) in [6.45, 7) is 6.37. The van der Waals surface area contributed by atoms with Crippen LogP contribution in [0.2, 0.25) is 5.02 Å². The molecule has 2 atom stereocenters. The summed E-state index contributed by atoms with van der Waals surface area (Å²) in [6, 6.07) is 12.5. The van der Waals surface area contributed by atoms with E-state index in [-0.39, 0.29) is 23.8 Å². The van der Waals surface area contributed by atoms with Crippen LogP contribution in [-0.2, 0) is 11.3 Å². The van der Waals surface area contributed by atoms with Crippen LogP contribution in [-0.4, -0.2) is 40.9 Å². The lowest BCUT2D eigenvalue weighted by atomic mass is 10.1. The maximum atomic E-state index is 13.1. The lowest BCUT2D eigenvalue weighted by molar-refractivity contribution is -0.131. The zero-order valence-corrected chi connectivity index (χ0v) is 18.3. The van der Waals surface area contributed by atoms with Crippen LogP contribution in [0.4, 0.5) is 4.39 Å². The normalized spacial score (nSPS) is 20.7. The summed E-state index contributed by atoms with van der Waals surface area (Å²) in [4.78, 5) is 17.0. The van der Waals surface area contributed by atoms with Gasteiger partial charge in [0.2, 0.25) is 5.91 Å². The molecule has 0 unspecified atom stereocenters. The molecule has 1 amide bonds. The zero-order valence-electron chi connectivity index (χ0n) is 15.9. The first kappa shape index (κ1) is 21.0. The van der Waals surface area contributed by atoms with Crippen LogP contribution in [0.15, 0.2) is 53.0 Å². The van der Waals surface area contributed by atoms with Crippen LogP contribution in [0.25, 0.3) is 6.08 Å². The highest BCUT2D eigenvalue weighted by molar-refractivity contribution is 9.10. The number of benzene rings is 2. The van der Waals surface area contributed by atoms with E-state index in [4.69, 9.17) is 11.6 Å². The minimum Gasteiger partial charge on any atom is -0.334 e. The Bertz CT molecular complexity index is 871. The van der Waals surface area contributed by atoms with Gasteiger partial charge in [0.05, 0.1) is 5.02 Å². The largest absolute Gasteiger partial charge is 0.334 e. The highest BCUT2D eigenvalue weighted by atomic mass is 79.9. The lowest BCUT2D eigenvalue weighted by Gasteiger charge is -2.44. The molecule has 0 bridgehead atoms. The van der Waals surface area contributed by atoms with Crippen LogP contribution in [0.3, 0.4) is 0 Å². The number of hydrogen-bond acceptors (Lipinski definition) is 2. The molecule has 1 fully saturated rings. The first-order chi connectivity index (χ1) is 13.3. The minimum absolute atomic E-state index is 0.000164. The monoisotopic (exact) mass is 464 g/mol. The number of carbonyl (C=O) groups excluding carboxylic acids is 1. The summed E-state index contributed by atoms with van der Waals surface area (Å²) in [5.74, 6) is -0.223. The predicted octanol–water partition coefficient (Wildman–Crippen LogP) is 5.38. The minimum atomic E-state index is -0.223. The second-order valence-corrected chi connectivity index (χ2v) is 8.51. The molecule has 148 valence electrons. The Morgan fingerprint density at radius 3 is 2.57 bits per heavy atom. The maximum absolute atomic E-state index is 13.1. The quantitative estimate of drug-likeness (QED) is 0.566. The molecular weight excluding hydrogens is 443 g/mol. The molecule has 1 aliphatic rings. The molecule has 0 aromatic heterocycles. The van der Waals surface area contributed by atoms with Crippen molar-refractivity contribution in [1.29, 1.82) is 0 Å². The molecule has 0 spiro atoms. The maximum Gasteiger partial charge on any atom is 0.246 e. The number of piperazine rings is 1. The fraction of sp³-hybridized carbons (Fsp3) is 0.318. The van der Waals surface area contributed by atoms with Gasteiger partial charge >= 0.3 is 0 Å². The smallest absolute Gasteiger partial charge is 0.246 e. The second kappa shape index (κ2) is 9.21. The van der Waals surface area contributed by atoms with Gasteiger partial charge in [-0.15, -0.1) is 0 Å². The van der Waals surface area contributed by atoms with Crippen molar-refractivity contribution < 1.29 is 9.18 Å². The fourth-order valence-electron chi connectivity index (χ4n) is 3.43. The average molecular weight is 466 g/mol. The van der Waals surface area contributed by atoms with Gasteiger partial charge in [-0.05, 0) is 71.2 Å². The van der Waals surface area contributed by atoms with Crippen molar-refractivity contribution in [3.05, 3.63) is 75.0 Å². The Morgan fingerprint density at radius 1 is 1.18 bits per heavy atom. The van der Waals surface area contributed by atoms with Crippen molar-refractivity contribution in [2.75, 3.05) is 13.1 Å². The first-order valence-corrected chi connectivity index (χ1v) is 10.4. The summed E-state index contributed by atoms with van der Waals surface area (Å²) in [5.41, 5.74) is 1.96. The third kappa shape index (κ3) is 5.22. The van der Waals surface area contributed by atoms with Gasteiger partial charge in [0.1, 0.15) is 5.82 Å². The van der Waals surface area contributed by atoms with E-state index in [1.165, 1.54) is 12.1 Å². The van der Waals surface area contributed by atoms with E-state index in [1.807, 2.05) is 35.2 Å².